The Balaban J connectivity index is 2.40. The van der Waals surface area contributed by atoms with Crippen LogP contribution in [0.5, 0.6) is 5.75 Å². The molecule has 0 aliphatic rings. The first-order valence-corrected chi connectivity index (χ1v) is 7.99. The van der Waals surface area contributed by atoms with Gasteiger partial charge in [0.1, 0.15) is 11.6 Å². The summed E-state index contributed by atoms with van der Waals surface area (Å²) in [7, 11) is 1.58. The number of hydrogen-bond donors (Lipinski definition) is 1. The van der Waals surface area contributed by atoms with E-state index in [-0.39, 0.29) is 5.56 Å². The second-order valence-electron chi connectivity index (χ2n) is 4.91. The average molecular weight is 319 g/mol. The number of aryl methyl sites for hydroxylation is 1. The Kier molecular flexibility index (Phi) is 5.08. The number of rotatable bonds is 4. The van der Waals surface area contributed by atoms with Gasteiger partial charge in [-0.2, -0.15) is 0 Å². The molecule has 22 heavy (non-hydrogen) atoms. The molecule has 0 aliphatic carbocycles. The van der Waals surface area contributed by atoms with Gasteiger partial charge in [-0.05, 0) is 49.9 Å². The van der Waals surface area contributed by atoms with E-state index in [0.29, 0.717) is 16.3 Å². The molecule has 0 bridgehead atoms. The van der Waals surface area contributed by atoms with Crippen LogP contribution in [0.4, 0.5) is 10.1 Å². The summed E-state index contributed by atoms with van der Waals surface area (Å²) in [6.45, 7) is 3.76. The fourth-order valence-corrected chi connectivity index (χ4v) is 2.86. The highest BCUT2D eigenvalue weighted by Crippen LogP contribution is 2.29. The van der Waals surface area contributed by atoms with Crippen LogP contribution in [0.15, 0.2) is 35.2 Å². The van der Waals surface area contributed by atoms with Crippen LogP contribution in [0.1, 0.15) is 21.5 Å². The quantitative estimate of drug-likeness (QED) is 0.848. The van der Waals surface area contributed by atoms with Gasteiger partial charge in [-0.25, -0.2) is 4.39 Å². The third-order valence-electron chi connectivity index (χ3n) is 3.39. The van der Waals surface area contributed by atoms with Crippen molar-refractivity contribution >= 4 is 23.4 Å². The number of nitrogens with one attached hydrogen (secondary N) is 1. The Morgan fingerprint density at radius 1 is 1.27 bits per heavy atom. The largest absolute Gasteiger partial charge is 0.496 e. The highest BCUT2D eigenvalue weighted by Gasteiger charge is 2.18. The molecule has 0 radical (unpaired) electrons. The van der Waals surface area contributed by atoms with E-state index >= 15 is 0 Å². The SMILES string of the molecule is COc1cc(C)cc(NC(=O)c2c(F)cccc2SC)c1C. The highest BCUT2D eigenvalue weighted by molar-refractivity contribution is 7.98. The van der Waals surface area contributed by atoms with Crippen molar-refractivity contribution in [3.05, 3.63) is 52.8 Å². The van der Waals surface area contributed by atoms with Crippen LogP contribution < -0.4 is 10.1 Å². The van der Waals surface area contributed by atoms with Crippen molar-refractivity contribution < 1.29 is 13.9 Å². The summed E-state index contributed by atoms with van der Waals surface area (Å²) < 4.78 is 19.3. The Morgan fingerprint density at radius 2 is 2.00 bits per heavy atom. The van der Waals surface area contributed by atoms with E-state index < -0.39 is 11.7 Å². The van der Waals surface area contributed by atoms with Crippen molar-refractivity contribution in [2.45, 2.75) is 18.7 Å². The number of hydrogen-bond acceptors (Lipinski definition) is 3. The molecule has 1 amide bonds. The first-order valence-electron chi connectivity index (χ1n) is 6.77. The minimum Gasteiger partial charge on any atom is -0.496 e. The molecule has 116 valence electrons. The monoisotopic (exact) mass is 319 g/mol. The van der Waals surface area contributed by atoms with Crippen molar-refractivity contribution in [1.29, 1.82) is 0 Å². The van der Waals surface area contributed by atoms with E-state index in [9.17, 15) is 9.18 Å². The number of ether oxygens (including phenoxy) is 1. The topological polar surface area (TPSA) is 38.3 Å². The number of thioether (sulfide) groups is 1. The second-order valence-corrected chi connectivity index (χ2v) is 5.76. The van der Waals surface area contributed by atoms with Crippen molar-refractivity contribution in [2.24, 2.45) is 0 Å². The number of halogens is 1. The van der Waals surface area contributed by atoms with Crippen LogP contribution in [-0.4, -0.2) is 19.3 Å². The molecule has 2 aromatic carbocycles. The van der Waals surface area contributed by atoms with E-state index in [1.807, 2.05) is 32.2 Å². The van der Waals surface area contributed by atoms with Gasteiger partial charge in [-0.15, -0.1) is 11.8 Å². The van der Waals surface area contributed by atoms with Gasteiger partial charge in [0.25, 0.3) is 5.91 Å². The lowest BCUT2D eigenvalue weighted by atomic mass is 10.1. The number of benzene rings is 2. The maximum Gasteiger partial charge on any atom is 0.259 e. The lowest BCUT2D eigenvalue weighted by Crippen LogP contribution is -2.16. The van der Waals surface area contributed by atoms with Gasteiger partial charge in [-0.3, -0.25) is 4.79 Å². The van der Waals surface area contributed by atoms with Crippen LogP contribution in [0.3, 0.4) is 0 Å². The predicted molar refractivity (Wildman–Crippen MR) is 88.6 cm³/mol. The number of carbonyl (C=O) groups is 1. The standard InChI is InChI=1S/C17H18FNO2S/c1-10-8-13(11(2)14(9-10)21-3)19-17(20)16-12(18)6-5-7-15(16)22-4/h5-9H,1-4H3,(H,19,20). The minimum atomic E-state index is -0.526. The molecule has 2 aromatic rings. The smallest absolute Gasteiger partial charge is 0.259 e. The summed E-state index contributed by atoms with van der Waals surface area (Å²) in [5, 5.41) is 2.79. The summed E-state index contributed by atoms with van der Waals surface area (Å²) in [5.74, 6) is -0.297. The van der Waals surface area contributed by atoms with Gasteiger partial charge >= 0.3 is 0 Å². The lowest BCUT2D eigenvalue weighted by Gasteiger charge is -2.14. The molecule has 0 saturated carbocycles. The van der Waals surface area contributed by atoms with E-state index in [2.05, 4.69) is 5.32 Å². The maximum absolute atomic E-state index is 14.0. The first kappa shape index (κ1) is 16.4. The van der Waals surface area contributed by atoms with Gasteiger partial charge in [0, 0.05) is 16.1 Å². The molecule has 1 N–H and O–H groups in total. The molecular weight excluding hydrogens is 301 g/mol. The molecule has 0 saturated heterocycles. The Bertz CT molecular complexity index is 716. The maximum atomic E-state index is 14.0. The van der Waals surface area contributed by atoms with Crippen molar-refractivity contribution in [3.63, 3.8) is 0 Å². The third kappa shape index (κ3) is 3.25. The summed E-state index contributed by atoms with van der Waals surface area (Å²) in [4.78, 5) is 13.1. The van der Waals surface area contributed by atoms with Gasteiger partial charge in [0.2, 0.25) is 0 Å². The fraction of sp³-hybridized carbons (Fsp3) is 0.235. The van der Waals surface area contributed by atoms with Crippen LogP contribution in [0.25, 0.3) is 0 Å². The van der Waals surface area contributed by atoms with Gasteiger partial charge in [-0.1, -0.05) is 6.07 Å². The van der Waals surface area contributed by atoms with Gasteiger partial charge in [0.05, 0.1) is 12.7 Å². The fourth-order valence-electron chi connectivity index (χ4n) is 2.25. The van der Waals surface area contributed by atoms with E-state index in [4.69, 9.17) is 4.74 Å². The van der Waals surface area contributed by atoms with Crippen LogP contribution in [-0.2, 0) is 0 Å². The number of anilines is 1. The van der Waals surface area contributed by atoms with Crippen molar-refractivity contribution in [1.82, 2.24) is 0 Å². The normalized spacial score (nSPS) is 10.4. The molecule has 3 nitrogen and oxygen atoms in total. The molecule has 0 heterocycles. The van der Waals surface area contributed by atoms with E-state index in [1.165, 1.54) is 17.8 Å². The first-order chi connectivity index (χ1) is 10.5. The zero-order chi connectivity index (χ0) is 16.3. The predicted octanol–water partition coefficient (Wildman–Crippen LogP) is 4.43. The molecule has 0 aliphatic heterocycles. The van der Waals surface area contributed by atoms with Gasteiger partial charge in [0.15, 0.2) is 0 Å². The third-order valence-corrected chi connectivity index (χ3v) is 4.17. The Hall–Kier alpha value is -2.01. The zero-order valence-electron chi connectivity index (χ0n) is 13.0. The Morgan fingerprint density at radius 3 is 2.64 bits per heavy atom. The molecule has 0 spiro atoms. The Labute approximate surface area is 133 Å². The molecule has 0 unspecified atom stereocenters. The van der Waals surface area contributed by atoms with E-state index in [1.54, 1.807) is 19.2 Å². The minimum absolute atomic E-state index is 0.0647. The van der Waals surface area contributed by atoms with Crippen molar-refractivity contribution in [3.8, 4) is 5.75 Å². The van der Waals surface area contributed by atoms with Crippen LogP contribution in [0, 0.1) is 19.7 Å². The molecule has 2 rings (SSSR count). The number of amides is 1. The molecule has 5 heteroatoms. The highest BCUT2D eigenvalue weighted by atomic mass is 32.2. The van der Waals surface area contributed by atoms with Crippen molar-refractivity contribution in [2.75, 3.05) is 18.7 Å². The second kappa shape index (κ2) is 6.83. The zero-order valence-corrected chi connectivity index (χ0v) is 13.8. The lowest BCUT2D eigenvalue weighted by molar-refractivity contribution is 0.102. The molecule has 0 fully saturated rings. The van der Waals surface area contributed by atoms with Gasteiger partial charge < -0.3 is 10.1 Å². The molecule has 0 atom stereocenters. The summed E-state index contributed by atoms with van der Waals surface area (Å²) in [5.41, 5.74) is 2.45. The number of carbonyl (C=O) groups excluding carboxylic acids is 1. The molecular formula is C17H18FNO2S. The molecule has 0 aromatic heterocycles. The van der Waals surface area contributed by atoms with Crippen LogP contribution in [0.2, 0.25) is 0 Å². The van der Waals surface area contributed by atoms with E-state index in [0.717, 1.165) is 11.1 Å². The number of methoxy groups -OCH3 is 1. The summed E-state index contributed by atoms with van der Waals surface area (Å²) in [6.07, 6.45) is 1.81. The summed E-state index contributed by atoms with van der Waals surface area (Å²) >= 11 is 1.34. The van der Waals surface area contributed by atoms with Crippen LogP contribution >= 0.6 is 11.8 Å². The average Bonchev–Trinajstić information content (AvgIpc) is 2.49. The summed E-state index contributed by atoms with van der Waals surface area (Å²) in [6, 6.07) is 8.35.